The van der Waals surface area contributed by atoms with Crippen molar-refractivity contribution in [3.63, 3.8) is 0 Å². The summed E-state index contributed by atoms with van der Waals surface area (Å²) in [6.07, 6.45) is 0.264. The van der Waals surface area contributed by atoms with E-state index in [0.717, 1.165) is 16.4 Å². The highest BCUT2D eigenvalue weighted by molar-refractivity contribution is 8.16. The quantitative estimate of drug-likeness (QED) is 0.699. The average molecular weight is 420 g/mol. The molecule has 28 heavy (non-hydrogen) atoms. The van der Waals surface area contributed by atoms with E-state index < -0.39 is 5.97 Å². The monoisotopic (exact) mass is 419 g/mol. The number of fused-ring (bicyclic) bond motifs is 1. The Morgan fingerprint density at radius 1 is 1.36 bits per heavy atom. The van der Waals surface area contributed by atoms with Crippen LogP contribution in [0.2, 0.25) is 0 Å². The van der Waals surface area contributed by atoms with Crippen molar-refractivity contribution < 1.29 is 19.1 Å². The molecule has 0 unspecified atom stereocenters. The second-order valence-corrected chi connectivity index (χ2v) is 8.23. The zero-order valence-electron chi connectivity index (χ0n) is 15.7. The third-order valence-electron chi connectivity index (χ3n) is 4.96. The van der Waals surface area contributed by atoms with E-state index >= 15 is 0 Å². The number of thiophene rings is 1. The first-order valence-corrected chi connectivity index (χ1v) is 10.8. The Morgan fingerprint density at radius 3 is 2.82 bits per heavy atom. The molecule has 9 heteroatoms. The predicted molar refractivity (Wildman–Crippen MR) is 109 cm³/mol. The minimum atomic E-state index is -0.396. The maximum Gasteiger partial charge on any atom is 0.338 e. The van der Waals surface area contributed by atoms with Crippen molar-refractivity contribution >= 4 is 40.1 Å². The summed E-state index contributed by atoms with van der Waals surface area (Å²) in [6.45, 7) is 4.19. The van der Waals surface area contributed by atoms with Crippen molar-refractivity contribution in [3.8, 4) is 0 Å². The molecule has 4 rings (SSSR count). The van der Waals surface area contributed by atoms with Crippen LogP contribution in [0, 0.1) is 0 Å². The van der Waals surface area contributed by atoms with Crippen LogP contribution in [0.1, 0.15) is 24.9 Å². The molecule has 1 atom stereocenters. The minimum Gasteiger partial charge on any atom is -0.466 e. The van der Waals surface area contributed by atoms with Gasteiger partial charge in [-0.3, -0.25) is 4.79 Å². The summed E-state index contributed by atoms with van der Waals surface area (Å²) in [5, 5.41) is 6.75. The van der Waals surface area contributed by atoms with Crippen LogP contribution in [0.25, 0.3) is 0 Å². The number of amidine groups is 1. The largest absolute Gasteiger partial charge is 0.466 e. The molecule has 0 aromatic carbocycles. The summed E-state index contributed by atoms with van der Waals surface area (Å²) < 4.78 is 10.4. The number of thioether (sulfide) groups is 1. The summed E-state index contributed by atoms with van der Waals surface area (Å²) in [4.78, 5) is 33.8. The van der Waals surface area contributed by atoms with Crippen molar-refractivity contribution in [2.24, 2.45) is 4.99 Å². The van der Waals surface area contributed by atoms with Gasteiger partial charge in [-0.05, 0) is 34.7 Å². The van der Waals surface area contributed by atoms with Crippen molar-refractivity contribution in [1.29, 1.82) is 0 Å². The number of morpholine rings is 1. The van der Waals surface area contributed by atoms with Gasteiger partial charge in [-0.15, -0.1) is 0 Å². The third kappa shape index (κ3) is 3.49. The van der Waals surface area contributed by atoms with E-state index in [0.29, 0.717) is 37.6 Å². The van der Waals surface area contributed by atoms with Crippen molar-refractivity contribution in [1.82, 2.24) is 9.80 Å². The lowest BCUT2D eigenvalue weighted by Crippen LogP contribution is -2.42. The van der Waals surface area contributed by atoms with E-state index in [4.69, 9.17) is 9.47 Å². The molecule has 7 nitrogen and oxygen atoms in total. The SMILES string of the molecule is COC(=O)C1=C(C)N=C2SC=C(CC(=O)N3CCOCC3)N2[C@@H]1c1ccsc1. The third-order valence-corrected chi connectivity index (χ3v) is 6.55. The van der Waals surface area contributed by atoms with Crippen molar-refractivity contribution in [2.75, 3.05) is 33.4 Å². The first-order valence-electron chi connectivity index (χ1n) is 9.00. The number of carbonyl (C=O) groups is 2. The number of carbonyl (C=O) groups excluding carboxylic acids is 2. The molecule has 0 spiro atoms. The lowest BCUT2D eigenvalue weighted by molar-refractivity contribution is -0.136. The fourth-order valence-corrected chi connectivity index (χ4v) is 5.21. The van der Waals surface area contributed by atoms with Crippen LogP contribution in [0.3, 0.4) is 0 Å². The molecule has 0 aliphatic carbocycles. The van der Waals surface area contributed by atoms with E-state index in [9.17, 15) is 9.59 Å². The molecular weight excluding hydrogens is 398 g/mol. The van der Waals surface area contributed by atoms with Crippen LogP contribution >= 0.6 is 23.1 Å². The summed E-state index contributed by atoms with van der Waals surface area (Å²) >= 11 is 3.06. The molecular formula is C19H21N3O4S2. The first kappa shape index (κ1) is 19.2. The van der Waals surface area contributed by atoms with Gasteiger partial charge >= 0.3 is 5.97 Å². The predicted octanol–water partition coefficient (Wildman–Crippen LogP) is 2.74. The Morgan fingerprint density at radius 2 is 2.14 bits per heavy atom. The van der Waals surface area contributed by atoms with Crippen molar-refractivity contribution in [3.05, 3.63) is 44.8 Å². The van der Waals surface area contributed by atoms with Crippen LogP contribution in [-0.4, -0.2) is 60.3 Å². The Labute approximate surface area is 171 Å². The standard InChI is InChI=1S/C19H21N3O4S2/c1-12-16(18(24)25-2)17(13-3-8-27-10-13)22-14(11-28-19(22)20-12)9-15(23)21-4-6-26-7-5-21/h3,8,10-11,17H,4-7,9H2,1-2H3/t17-/m1/s1. The highest BCUT2D eigenvalue weighted by atomic mass is 32.2. The zero-order chi connectivity index (χ0) is 19.7. The van der Waals surface area contributed by atoms with Gasteiger partial charge < -0.3 is 19.3 Å². The van der Waals surface area contributed by atoms with Gasteiger partial charge in [0.15, 0.2) is 5.17 Å². The van der Waals surface area contributed by atoms with Gasteiger partial charge in [0.1, 0.15) is 0 Å². The van der Waals surface area contributed by atoms with Crippen LogP contribution in [0.15, 0.2) is 44.2 Å². The Hall–Kier alpha value is -2.10. The smallest absolute Gasteiger partial charge is 0.338 e. The molecule has 1 aromatic rings. The maximum atomic E-state index is 12.8. The molecule has 0 radical (unpaired) electrons. The van der Waals surface area contributed by atoms with E-state index in [2.05, 4.69) is 4.99 Å². The summed E-state index contributed by atoms with van der Waals surface area (Å²) in [5.74, 6) is -0.335. The second-order valence-electron chi connectivity index (χ2n) is 6.61. The van der Waals surface area contributed by atoms with Gasteiger partial charge in [0.2, 0.25) is 5.91 Å². The number of hydrogen-bond donors (Lipinski definition) is 0. The Kier molecular flexibility index (Phi) is 5.56. The first-order chi connectivity index (χ1) is 13.6. The number of nitrogens with zero attached hydrogens (tertiary/aromatic N) is 3. The number of esters is 1. The molecule has 148 valence electrons. The number of methoxy groups -OCH3 is 1. The van der Waals surface area contributed by atoms with Crippen LogP contribution < -0.4 is 0 Å². The summed E-state index contributed by atoms with van der Waals surface area (Å²) in [5.41, 5.74) is 3.00. The van der Waals surface area contributed by atoms with E-state index in [-0.39, 0.29) is 18.4 Å². The number of amides is 1. The fourth-order valence-electron chi connectivity index (χ4n) is 3.57. The van der Waals surface area contributed by atoms with Crippen LogP contribution in [-0.2, 0) is 19.1 Å². The molecule has 0 bridgehead atoms. The van der Waals surface area contributed by atoms with Gasteiger partial charge in [-0.25, -0.2) is 9.79 Å². The summed E-state index contributed by atoms with van der Waals surface area (Å²) in [6, 6.07) is 1.66. The number of allylic oxidation sites excluding steroid dienone is 1. The molecule has 3 aliphatic rings. The topological polar surface area (TPSA) is 71.4 Å². The molecule has 3 aliphatic heterocycles. The number of aliphatic imine (C=N–C) groups is 1. The molecule has 0 N–H and O–H groups in total. The zero-order valence-corrected chi connectivity index (χ0v) is 17.3. The van der Waals surface area contributed by atoms with Gasteiger partial charge in [0.25, 0.3) is 0 Å². The lowest BCUT2D eigenvalue weighted by atomic mass is 9.96. The molecule has 0 saturated carbocycles. The Balaban J connectivity index is 1.65. The highest BCUT2D eigenvalue weighted by Crippen LogP contribution is 2.45. The van der Waals surface area contributed by atoms with Gasteiger partial charge in [-0.1, -0.05) is 11.8 Å². The molecule has 1 aromatic heterocycles. The summed E-state index contributed by atoms with van der Waals surface area (Å²) in [7, 11) is 1.38. The minimum absolute atomic E-state index is 0.0614. The second kappa shape index (κ2) is 8.10. The van der Waals surface area contributed by atoms with Gasteiger partial charge in [0.05, 0.1) is 44.1 Å². The average Bonchev–Trinajstić information content (AvgIpc) is 3.37. The maximum absolute atomic E-state index is 12.8. The van der Waals surface area contributed by atoms with E-state index in [1.165, 1.54) is 18.9 Å². The molecule has 1 amide bonds. The van der Waals surface area contributed by atoms with Crippen LogP contribution in [0.4, 0.5) is 0 Å². The molecule has 1 fully saturated rings. The Bertz CT molecular complexity index is 870. The fraction of sp³-hybridized carbons (Fsp3) is 0.421. The number of ether oxygens (including phenoxy) is 2. The van der Waals surface area contributed by atoms with Crippen LogP contribution in [0.5, 0.6) is 0 Å². The van der Waals surface area contributed by atoms with E-state index in [1.807, 2.05) is 39.0 Å². The lowest BCUT2D eigenvalue weighted by Gasteiger charge is -2.36. The highest BCUT2D eigenvalue weighted by Gasteiger charge is 2.41. The normalized spacial score (nSPS) is 22.0. The number of hydrogen-bond acceptors (Lipinski definition) is 8. The van der Waals surface area contributed by atoms with Crippen molar-refractivity contribution in [2.45, 2.75) is 19.4 Å². The molecule has 1 saturated heterocycles. The molecule has 4 heterocycles. The van der Waals surface area contributed by atoms with Gasteiger partial charge in [0, 0.05) is 18.8 Å². The van der Waals surface area contributed by atoms with E-state index in [1.54, 1.807) is 11.3 Å². The number of rotatable bonds is 4. The van der Waals surface area contributed by atoms with Gasteiger partial charge in [-0.2, -0.15) is 11.3 Å².